The Morgan fingerprint density at radius 1 is 0.963 bits per heavy atom. The quantitative estimate of drug-likeness (QED) is 0.828. The van der Waals surface area contributed by atoms with E-state index in [-0.39, 0.29) is 12.1 Å². The molecule has 4 heteroatoms. The van der Waals surface area contributed by atoms with Crippen molar-refractivity contribution in [2.75, 3.05) is 19.6 Å². The number of benzene rings is 1. The van der Waals surface area contributed by atoms with Gasteiger partial charge in [-0.2, -0.15) is 0 Å². The number of hydrogen-bond donors (Lipinski definition) is 2. The normalized spacial score (nSPS) is 35.9. The summed E-state index contributed by atoms with van der Waals surface area (Å²) >= 11 is 0. The Bertz CT molecular complexity index is 627. The molecule has 1 saturated heterocycles. The monoisotopic (exact) mass is 367 g/mol. The standard InChI is InChI=1S/C23H33N3O/c27-23(25-22-19-11-16-10-17(13-19)14-20(22)12-16)24-15-21(26-8-4-5-9-26)18-6-2-1-3-7-18/h1-3,6-7,16-17,19-22H,4-5,8-15H2,(H2,24,25,27). The van der Waals surface area contributed by atoms with Gasteiger partial charge in [0.15, 0.2) is 0 Å². The van der Waals surface area contributed by atoms with E-state index in [0.29, 0.717) is 12.6 Å². The molecular formula is C23H33N3O. The summed E-state index contributed by atoms with van der Waals surface area (Å²) in [6.45, 7) is 2.97. The third-order valence-corrected chi connectivity index (χ3v) is 7.75. The summed E-state index contributed by atoms with van der Waals surface area (Å²) in [4.78, 5) is 15.3. The fourth-order valence-electron chi connectivity index (χ4n) is 6.74. The molecule has 27 heavy (non-hydrogen) atoms. The molecule has 5 fully saturated rings. The van der Waals surface area contributed by atoms with Gasteiger partial charge >= 0.3 is 6.03 Å². The van der Waals surface area contributed by atoms with Gasteiger partial charge in [-0.05, 0) is 87.3 Å². The van der Waals surface area contributed by atoms with Crippen molar-refractivity contribution in [2.24, 2.45) is 23.7 Å². The van der Waals surface area contributed by atoms with E-state index in [1.807, 2.05) is 0 Å². The van der Waals surface area contributed by atoms with E-state index in [1.165, 1.54) is 50.5 Å². The highest BCUT2D eigenvalue weighted by Gasteiger charge is 2.48. The summed E-state index contributed by atoms with van der Waals surface area (Å²) in [5.41, 5.74) is 1.31. The maximum absolute atomic E-state index is 12.7. The van der Waals surface area contributed by atoms with Crippen LogP contribution in [0.2, 0.25) is 0 Å². The Hall–Kier alpha value is -1.55. The smallest absolute Gasteiger partial charge is 0.315 e. The van der Waals surface area contributed by atoms with Crippen molar-refractivity contribution in [3.05, 3.63) is 35.9 Å². The average molecular weight is 368 g/mol. The van der Waals surface area contributed by atoms with E-state index in [1.54, 1.807) is 0 Å². The number of hydrogen-bond acceptors (Lipinski definition) is 2. The van der Waals surface area contributed by atoms with E-state index in [4.69, 9.17) is 0 Å². The maximum atomic E-state index is 12.7. The van der Waals surface area contributed by atoms with E-state index in [0.717, 1.165) is 36.8 Å². The van der Waals surface area contributed by atoms with E-state index in [9.17, 15) is 4.79 Å². The zero-order valence-corrected chi connectivity index (χ0v) is 16.3. The van der Waals surface area contributed by atoms with Gasteiger partial charge in [-0.3, -0.25) is 4.90 Å². The zero-order valence-electron chi connectivity index (χ0n) is 16.3. The maximum Gasteiger partial charge on any atom is 0.315 e. The first-order chi connectivity index (χ1) is 13.3. The van der Waals surface area contributed by atoms with Crippen LogP contribution in [0.4, 0.5) is 4.79 Å². The summed E-state index contributed by atoms with van der Waals surface area (Å²) < 4.78 is 0. The summed E-state index contributed by atoms with van der Waals surface area (Å²) in [5, 5.41) is 6.62. The fraction of sp³-hybridized carbons (Fsp3) is 0.696. The molecule has 2 amide bonds. The minimum atomic E-state index is 0.0487. The molecule has 4 saturated carbocycles. The summed E-state index contributed by atoms with van der Waals surface area (Å²) in [6.07, 6.45) is 9.38. The van der Waals surface area contributed by atoms with Crippen LogP contribution in [0.1, 0.15) is 56.6 Å². The predicted molar refractivity (Wildman–Crippen MR) is 107 cm³/mol. The zero-order chi connectivity index (χ0) is 18.2. The SMILES string of the molecule is O=C(NCC(c1ccccc1)N1CCCC1)NC1C2CC3CC(C2)CC1C3. The van der Waals surface area contributed by atoms with Crippen molar-refractivity contribution in [1.29, 1.82) is 0 Å². The molecule has 0 spiro atoms. The van der Waals surface area contributed by atoms with Gasteiger partial charge < -0.3 is 10.6 Å². The second-order valence-corrected chi connectivity index (χ2v) is 9.48. The Kier molecular flexibility index (Phi) is 4.85. The highest BCUT2D eigenvalue weighted by atomic mass is 16.2. The number of urea groups is 1. The van der Waals surface area contributed by atoms with Crippen LogP contribution >= 0.6 is 0 Å². The van der Waals surface area contributed by atoms with Crippen molar-refractivity contribution in [1.82, 2.24) is 15.5 Å². The van der Waals surface area contributed by atoms with Crippen LogP contribution in [-0.2, 0) is 0 Å². The molecule has 4 bridgehead atoms. The Morgan fingerprint density at radius 2 is 1.59 bits per heavy atom. The minimum absolute atomic E-state index is 0.0487. The van der Waals surface area contributed by atoms with Gasteiger partial charge in [-0.1, -0.05) is 30.3 Å². The molecule has 1 aromatic carbocycles. The van der Waals surface area contributed by atoms with Crippen molar-refractivity contribution < 1.29 is 4.79 Å². The Balaban J connectivity index is 1.20. The molecule has 1 aliphatic heterocycles. The van der Waals surface area contributed by atoms with E-state index >= 15 is 0 Å². The number of amides is 2. The van der Waals surface area contributed by atoms with E-state index < -0.39 is 0 Å². The third kappa shape index (κ3) is 3.61. The molecule has 2 N–H and O–H groups in total. The highest BCUT2D eigenvalue weighted by molar-refractivity contribution is 5.74. The molecule has 1 atom stereocenters. The minimum Gasteiger partial charge on any atom is -0.336 e. The molecule has 4 nitrogen and oxygen atoms in total. The lowest BCUT2D eigenvalue weighted by molar-refractivity contribution is -0.00946. The van der Waals surface area contributed by atoms with Crippen molar-refractivity contribution in [3.8, 4) is 0 Å². The van der Waals surface area contributed by atoms with Crippen molar-refractivity contribution in [2.45, 2.75) is 57.0 Å². The number of nitrogens with zero attached hydrogens (tertiary/aromatic N) is 1. The van der Waals surface area contributed by atoms with Gasteiger partial charge in [0.2, 0.25) is 0 Å². The van der Waals surface area contributed by atoms with Crippen LogP contribution in [0.15, 0.2) is 30.3 Å². The fourth-order valence-corrected chi connectivity index (χ4v) is 6.74. The lowest BCUT2D eigenvalue weighted by Crippen LogP contribution is -2.57. The predicted octanol–water partition coefficient (Wildman–Crippen LogP) is 3.95. The van der Waals surface area contributed by atoms with Crippen LogP contribution in [0.5, 0.6) is 0 Å². The van der Waals surface area contributed by atoms with Crippen LogP contribution in [0, 0.1) is 23.7 Å². The van der Waals surface area contributed by atoms with Gasteiger partial charge in [-0.15, -0.1) is 0 Å². The molecule has 4 aliphatic carbocycles. The van der Waals surface area contributed by atoms with Gasteiger partial charge in [0.1, 0.15) is 0 Å². The molecular weight excluding hydrogens is 334 g/mol. The number of carbonyl (C=O) groups excluding carboxylic acids is 1. The van der Waals surface area contributed by atoms with Crippen LogP contribution < -0.4 is 10.6 Å². The lowest BCUT2D eigenvalue weighted by atomic mass is 9.54. The van der Waals surface area contributed by atoms with Crippen molar-refractivity contribution >= 4 is 6.03 Å². The van der Waals surface area contributed by atoms with Gasteiger partial charge in [0.25, 0.3) is 0 Å². The molecule has 1 unspecified atom stereocenters. The number of likely N-dealkylation sites (tertiary alicyclic amines) is 1. The largest absolute Gasteiger partial charge is 0.336 e. The topological polar surface area (TPSA) is 44.4 Å². The molecule has 1 aromatic rings. The average Bonchev–Trinajstić information content (AvgIpc) is 3.20. The summed E-state index contributed by atoms with van der Waals surface area (Å²) in [6, 6.07) is 11.4. The Morgan fingerprint density at radius 3 is 2.22 bits per heavy atom. The molecule has 5 aliphatic rings. The van der Waals surface area contributed by atoms with E-state index in [2.05, 4.69) is 45.9 Å². The first kappa shape index (κ1) is 17.5. The van der Waals surface area contributed by atoms with Crippen LogP contribution in [-0.4, -0.2) is 36.6 Å². The van der Waals surface area contributed by atoms with Gasteiger partial charge in [-0.25, -0.2) is 4.79 Å². The highest BCUT2D eigenvalue weighted by Crippen LogP contribution is 2.53. The summed E-state index contributed by atoms with van der Waals surface area (Å²) in [5.74, 6) is 3.36. The van der Waals surface area contributed by atoms with Crippen LogP contribution in [0.25, 0.3) is 0 Å². The Labute approximate surface area is 163 Å². The second-order valence-electron chi connectivity index (χ2n) is 9.48. The van der Waals surface area contributed by atoms with Crippen molar-refractivity contribution in [3.63, 3.8) is 0 Å². The first-order valence-corrected chi connectivity index (χ1v) is 11.1. The molecule has 0 aromatic heterocycles. The molecule has 1 heterocycles. The molecule has 146 valence electrons. The molecule has 0 radical (unpaired) electrons. The van der Waals surface area contributed by atoms with Gasteiger partial charge in [0, 0.05) is 12.6 Å². The number of nitrogens with one attached hydrogen (secondary N) is 2. The number of rotatable bonds is 5. The summed E-state index contributed by atoms with van der Waals surface area (Å²) in [7, 11) is 0. The van der Waals surface area contributed by atoms with Crippen LogP contribution in [0.3, 0.4) is 0 Å². The third-order valence-electron chi connectivity index (χ3n) is 7.75. The molecule has 6 rings (SSSR count). The van der Waals surface area contributed by atoms with Gasteiger partial charge in [0.05, 0.1) is 6.04 Å². The number of carbonyl (C=O) groups is 1. The second kappa shape index (κ2) is 7.46. The lowest BCUT2D eigenvalue weighted by Gasteiger charge is -2.54. The first-order valence-electron chi connectivity index (χ1n) is 11.1.